The number of carbonyl (C=O) groups excluding carboxylic acids is 2. The van der Waals surface area contributed by atoms with Crippen LogP contribution in [0.1, 0.15) is 11.1 Å². The SMILES string of the molecule is N#CC(C(=O)N1CCOCC1)=C1C(=O)N(Cc2ccccc2Cl)c2ccccc21. The Morgan fingerprint density at radius 2 is 1.79 bits per heavy atom. The van der Waals surface area contributed by atoms with Gasteiger partial charge < -0.3 is 14.5 Å². The first-order valence-corrected chi connectivity index (χ1v) is 9.65. The van der Waals surface area contributed by atoms with E-state index in [0.717, 1.165) is 5.56 Å². The predicted octanol–water partition coefficient (Wildman–Crippen LogP) is 3.02. The first kappa shape index (κ1) is 19.2. The van der Waals surface area contributed by atoms with Gasteiger partial charge in [-0.25, -0.2) is 0 Å². The highest BCUT2D eigenvalue weighted by Gasteiger charge is 2.37. The number of halogens is 1. The van der Waals surface area contributed by atoms with E-state index in [4.69, 9.17) is 16.3 Å². The summed E-state index contributed by atoms with van der Waals surface area (Å²) in [7, 11) is 0. The number of ether oxygens (including phenoxy) is 1. The maximum absolute atomic E-state index is 13.3. The normalized spacial score (nSPS) is 17.7. The Kier molecular flexibility index (Phi) is 5.34. The highest BCUT2D eigenvalue weighted by Crippen LogP contribution is 2.40. The smallest absolute Gasteiger partial charge is 0.265 e. The summed E-state index contributed by atoms with van der Waals surface area (Å²) in [6.45, 7) is 1.89. The number of benzene rings is 2. The van der Waals surface area contributed by atoms with E-state index in [1.165, 1.54) is 0 Å². The van der Waals surface area contributed by atoms with Gasteiger partial charge in [0, 0.05) is 23.7 Å². The number of hydrogen-bond donors (Lipinski definition) is 0. The van der Waals surface area contributed by atoms with Crippen molar-refractivity contribution in [2.45, 2.75) is 6.54 Å². The van der Waals surface area contributed by atoms with E-state index < -0.39 is 5.91 Å². The number of amides is 2. The molecule has 0 aromatic heterocycles. The molecule has 0 saturated carbocycles. The van der Waals surface area contributed by atoms with Gasteiger partial charge in [-0.3, -0.25) is 9.59 Å². The van der Waals surface area contributed by atoms with E-state index in [1.54, 1.807) is 28.0 Å². The van der Waals surface area contributed by atoms with Crippen molar-refractivity contribution >= 4 is 34.7 Å². The molecule has 146 valence electrons. The number of carbonyl (C=O) groups is 2. The summed E-state index contributed by atoms with van der Waals surface area (Å²) in [5.41, 5.74) is 2.05. The summed E-state index contributed by atoms with van der Waals surface area (Å²) < 4.78 is 5.28. The number of hydrogen-bond acceptors (Lipinski definition) is 4. The Labute approximate surface area is 173 Å². The lowest BCUT2D eigenvalue weighted by molar-refractivity contribution is -0.130. The fraction of sp³-hybridized carbons (Fsp3) is 0.227. The molecule has 0 bridgehead atoms. The molecular formula is C22H18ClN3O3. The van der Waals surface area contributed by atoms with Crippen molar-refractivity contribution in [2.75, 3.05) is 31.2 Å². The first-order chi connectivity index (χ1) is 14.1. The molecule has 1 fully saturated rings. The van der Waals surface area contributed by atoms with Crippen molar-refractivity contribution in [3.8, 4) is 6.07 Å². The third-order valence-corrected chi connectivity index (χ3v) is 5.45. The van der Waals surface area contributed by atoms with E-state index in [-0.39, 0.29) is 23.6 Å². The molecule has 2 heterocycles. The number of nitriles is 1. The molecule has 0 aliphatic carbocycles. The van der Waals surface area contributed by atoms with Crippen molar-refractivity contribution < 1.29 is 14.3 Å². The van der Waals surface area contributed by atoms with Gasteiger partial charge in [-0.15, -0.1) is 0 Å². The zero-order valence-corrected chi connectivity index (χ0v) is 16.4. The minimum Gasteiger partial charge on any atom is -0.378 e. The number of anilines is 1. The predicted molar refractivity (Wildman–Crippen MR) is 109 cm³/mol. The molecule has 0 unspecified atom stereocenters. The molecule has 2 aromatic rings. The molecule has 29 heavy (non-hydrogen) atoms. The van der Waals surface area contributed by atoms with Crippen LogP contribution >= 0.6 is 11.6 Å². The lowest BCUT2D eigenvalue weighted by Crippen LogP contribution is -2.41. The second-order valence-electron chi connectivity index (χ2n) is 6.77. The molecule has 0 N–H and O–H groups in total. The third-order valence-electron chi connectivity index (χ3n) is 5.08. The Hall–Kier alpha value is -3.14. The summed E-state index contributed by atoms with van der Waals surface area (Å²) >= 11 is 6.28. The monoisotopic (exact) mass is 407 g/mol. The molecule has 2 aliphatic heterocycles. The summed E-state index contributed by atoms with van der Waals surface area (Å²) in [4.78, 5) is 29.5. The zero-order valence-electron chi connectivity index (χ0n) is 15.6. The van der Waals surface area contributed by atoms with Crippen molar-refractivity contribution in [3.63, 3.8) is 0 Å². The van der Waals surface area contributed by atoms with Gasteiger partial charge in [0.05, 0.1) is 31.0 Å². The van der Waals surface area contributed by atoms with E-state index in [9.17, 15) is 14.9 Å². The number of morpholine rings is 1. The Morgan fingerprint density at radius 1 is 1.10 bits per heavy atom. The van der Waals surface area contributed by atoms with Crippen LogP contribution in [0, 0.1) is 11.3 Å². The maximum atomic E-state index is 13.3. The minimum atomic E-state index is -0.437. The highest BCUT2D eigenvalue weighted by atomic mass is 35.5. The van der Waals surface area contributed by atoms with Gasteiger partial charge in [0.25, 0.3) is 11.8 Å². The Morgan fingerprint density at radius 3 is 2.52 bits per heavy atom. The second-order valence-corrected chi connectivity index (χ2v) is 7.17. The average molecular weight is 408 g/mol. The van der Waals surface area contributed by atoms with E-state index in [1.807, 2.05) is 36.4 Å². The van der Waals surface area contributed by atoms with Crippen molar-refractivity contribution in [1.82, 2.24) is 4.90 Å². The van der Waals surface area contributed by atoms with Gasteiger partial charge in [-0.2, -0.15) is 5.26 Å². The first-order valence-electron chi connectivity index (χ1n) is 9.28. The van der Waals surface area contributed by atoms with Gasteiger partial charge in [0.15, 0.2) is 0 Å². The van der Waals surface area contributed by atoms with Crippen LogP contribution in [0.25, 0.3) is 5.57 Å². The van der Waals surface area contributed by atoms with Crippen LogP contribution in [0.5, 0.6) is 0 Å². The molecule has 2 aromatic carbocycles. The molecule has 0 spiro atoms. The van der Waals surface area contributed by atoms with Crippen LogP contribution in [-0.4, -0.2) is 43.0 Å². The van der Waals surface area contributed by atoms with E-state index in [0.29, 0.717) is 42.6 Å². The highest BCUT2D eigenvalue weighted by molar-refractivity contribution is 6.37. The molecule has 6 nitrogen and oxygen atoms in total. The molecular weight excluding hydrogens is 390 g/mol. The maximum Gasteiger partial charge on any atom is 0.265 e. The number of rotatable bonds is 3. The molecule has 7 heteroatoms. The van der Waals surface area contributed by atoms with Crippen molar-refractivity contribution in [3.05, 3.63) is 70.3 Å². The summed E-state index contributed by atoms with van der Waals surface area (Å²) in [5.74, 6) is -0.808. The average Bonchev–Trinajstić information content (AvgIpc) is 3.03. The van der Waals surface area contributed by atoms with Crippen molar-refractivity contribution in [2.24, 2.45) is 0 Å². The van der Waals surface area contributed by atoms with Crippen LogP contribution in [0.15, 0.2) is 54.1 Å². The largest absolute Gasteiger partial charge is 0.378 e. The molecule has 4 rings (SSSR count). The van der Waals surface area contributed by atoms with Crippen LogP contribution in [0.4, 0.5) is 5.69 Å². The van der Waals surface area contributed by atoms with Crippen LogP contribution < -0.4 is 4.90 Å². The Bertz CT molecular complexity index is 1050. The standard InChI is InChI=1S/C22H18ClN3O3/c23-18-7-3-1-5-15(18)14-26-19-8-4-2-6-16(19)20(22(26)28)17(13-24)21(27)25-9-11-29-12-10-25/h1-8H,9-12,14H2. The summed E-state index contributed by atoms with van der Waals surface area (Å²) in [5, 5.41) is 10.3. The fourth-order valence-corrected chi connectivity index (χ4v) is 3.81. The van der Waals surface area contributed by atoms with Crippen LogP contribution in [-0.2, 0) is 20.9 Å². The van der Waals surface area contributed by atoms with Crippen LogP contribution in [0.2, 0.25) is 5.02 Å². The number of nitrogens with zero attached hydrogens (tertiary/aromatic N) is 3. The third kappa shape index (κ3) is 3.51. The second kappa shape index (κ2) is 8.08. The summed E-state index contributed by atoms with van der Waals surface area (Å²) in [6.07, 6.45) is 0. The van der Waals surface area contributed by atoms with Crippen LogP contribution in [0.3, 0.4) is 0 Å². The van der Waals surface area contributed by atoms with Gasteiger partial charge in [0.2, 0.25) is 0 Å². The topological polar surface area (TPSA) is 73.6 Å². The molecule has 2 amide bonds. The molecule has 1 saturated heterocycles. The fourth-order valence-electron chi connectivity index (χ4n) is 3.61. The zero-order chi connectivity index (χ0) is 20.4. The van der Waals surface area contributed by atoms with Gasteiger partial charge in [-0.05, 0) is 17.7 Å². The number of fused-ring (bicyclic) bond motifs is 1. The minimum absolute atomic E-state index is 0.133. The van der Waals surface area contributed by atoms with Crippen molar-refractivity contribution in [1.29, 1.82) is 5.26 Å². The molecule has 2 aliphatic rings. The Balaban J connectivity index is 1.77. The van der Waals surface area contributed by atoms with Gasteiger partial charge in [0.1, 0.15) is 11.6 Å². The van der Waals surface area contributed by atoms with Gasteiger partial charge >= 0.3 is 0 Å². The quantitative estimate of drug-likeness (QED) is 0.579. The van der Waals surface area contributed by atoms with E-state index in [2.05, 4.69) is 0 Å². The van der Waals surface area contributed by atoms with E-state index >= 15 is 0 Å². The molecule has 0 radical (unpaired) electrons. The lowest BCUT2D eigenvalue weighted by atomic mass is 10.0. The lowest BCUT2D eigenvalue weighted by Gasteiger charge is -2.26. The van der Waals surface area contributed by atoms with Gasteiger partial charge in [-0.1, -0.05) is 48.0 Å². The molecule has 0 atom stereocenters. The summed E-state index contributed by atoms with van der Waals surface area (Å²) in [6, 6.07) is 16.5. The number of para-hydroxylation sites is 1.